The van der Waals surface area contributed by atoms with E-state index < -0.39 is 11.9 Å². The molecule has 1 aromatic rings. The van der Waals surface area contributed by atoms with E-state index in [0.29, 0.717) is 48.1 Å². The lowest BCUT2D eigenvalue weighted by Crippen LogP contribution is -2.65. The van der Waals surface area contributed by atoms with Crippen molar-refractivity contribution in [1.29, 1.82) is 0 Å². The van der Waals surface area contributed by atoms with Gasteiger partial charge in [-0.05, 0) is 145 Å². The molecule has 1 amide bonds. The number of nitrogens with zero attached hydrogens (tertiary/aromatic N) is 1. The van der Waals surface area contributed by atoms with Crippen LogP contribution in [0, 0.1) is 56.7 Å². The number of carboxylic acids is 1. The molecule has 0 aromatic heterocycles. The first-order chi connectivity index (χ1) is 24.4. The number of carbonyl (C=O) groups is 2. The minimum Gasteiger partial charge on any atom is -0.478 e. The smallest absolute Gasteiger partial charge is 0.335 e. The highest BCUT2D eigenvalue weighted by molar-refractivity contribution is 5.88. The highest BCUT2D eigenvalue weighted by Gasteiger charge is 2.70. The van der Waals surface area contributed by atoms with E-state index in [1.165, 1.54) is 62.5 Å². The van der Waals surface area contributed by atoms with Crippen LogP contribution in [-0.4, -0.2) is 54.0 Å². The number of halogens is 2. The Kier molecular flexibility index (Phi) is 9.48. The topological polar surface area (TPSA) is 69.6 Å². The molecule has 9 unspecified atom stereocenters. The summed E-state index contributed by atoms with van der Waals surface area (Å²) in [5.41, 5.74) is 5.07. The zero-order chi connectivity index (χ0) is 37.5. The largest absolute Gasteiger partial charge is 0.478 e. The molecule has 286 valence electrons. The number of likely N-dealkylation sites (tertiary alicyclic amines) is 1. The van der Waals surface area contributed by atoms with Gasteiger partial charge in [0, 0.05) is 45.4 Å². The van der Waals surface area contributed by atoms with Crippen LogP contribution in [0.5, 0.6) is 0 Å². The van der Waals surface area contributed by atoms with Crippen molar-refractivity contribution in [3.63, 3.8) is 0 Å². The summed E-state index contributed by atoms with van der Waals surface area (Å²) in [7, 11) is 0. The summed E-state index contributed by atoms with van der Waals surface area (Å²) in [5.74, 6) is -0.566. The van der Waals surface area contributed by atoms with E-state index in [-0.39, 0.29) is 58.9 Å². The van der Waals surface area contributed by atoms with E-state index >= 15 is 0 Å². The Morgan fingerprint density at radius 3 is 2.23 bits per heavy atom. The second-order valence-electron chi connectivity index (χ2n) is 19.6. The minimum absolute atomic E-state index is 0.00111. The van der Waals surface area contributed by atoms with Gasteiger partial charge < -0.3 is 15.3 Å². The van der Waals surface area contributed by atoms with Gasteiger partial charge in [0.2, 0.25) is 5.91 Å². The van der Waals surface area contributed by atoms with Gasteiger partial charge in [-0.15, -0.1) is 0 Å². The Morgan fingerprint density at radius 1 is 0.885 bits per heavy atom. The fourth-order valence-electron chi connectivity index (χ4n) is 14.3. The van der Waals surface area contributed by atoms with E-state index in [1.54, 1.807) is 17.0 Å². The van der Waals surface area contributed by atoms with Crippen LogP contribution in [-0.2, 0) is 4.79 Å². The van der Waals surface area contributed by atoms with Crippen LogP contribution in [0.15, 0.2) is 42.5 Å². The van der Waals surface area contributed by atoms with Crippen molar-refractivity contribution in [3.8, 4) is 0 Å². The number of hydrogen-bond acceptors (Lipinski definition) is 3. The van der Waals surface area contributed by atoms with Gasteiger partial charge in [0.05, 0.1) is 5.56 Å². The number of alkyl halides is 2. The number of piperidine rings is 1. The summed E-state index contributed by atoms with van der Waals surface area (Å²) in [5, 5.41) is 13.2. The predicted molar refractivity (Wildman–Crippen MR) is 204 cm³/mol. The molecule has 1 heterocycles. The normalized spacial score (nSPS) is 40.4. The third kappa shape index (κ3) is 5.84. The molecule has 52 heavy (non-hydrogen) atoms. The molecular weight excluding hydrogens is 655 g/mol. The molecule has 2 N–H and O–H groups in total. The molecule has 9 atom stereocenters. The Bertz CT molecular complexity index is 1610. The van der Waals surface area contributed by atoms with Gasteiger partial charge in [-0.3, -0.25) is 4.79 Å². The number of fused-ring (bicyclic) bond motifs is 7. The predicted octanol–water partition coefficient (Wildman–Crippen LogP) is 10.3. The quantitative estimate of drug-likeness (QED) is 0.207. The fraction of sp³-hybridized carbons (Fsp3) is 0.733. The molecule has 0 spiro atoms. The van der Waals surface area contributed by atoms with Crippen LogP contribution < -0.4 is 5.32 Å². The molecule has 4 saturated carbocycles. The zero-order valence-electron chi connectivity index (χ0n) is 32.8. The molecule has 5 fully saturated rings. The van der Waals surface area contributed by atoms with Gasteiger partial charge in [-0.25, -0.2) is 13.6 Å². The first kappa shape index (κ1) is 37.8. The molecule has 1 aliphatic heterocycles. The molecule has 5 aliphatic carbocycles. The van der Waals surface area contributed by atoms with Crippen LogP contribution in [0.4, 0.5) is 8.78 Å². The Labute approximate surface area is 311 Å². The van der Waals surface area contributed by atoms with Crippen molar-refractivity contribution in [1.82, 2.24) is 10.2 Å². The standard InChI is InChI=1S/C45H64F2N2O3/c1-29(2)32-14-20-44(28-48-25-17-37(50)49-26-23-45(46,47)24-27-49)22-21-42(6)34(38(32)44)12-13-36-41(5)18-15-33(30-8-10-31(11-9-30)39(51)52)40(3,4)35(41)16-19-43(36,42)7/h8-11,15,32,34-36,38,48H,1,12-14,16-28H2,2-7H3,(H,51,52). The van der Waals surface area contributed by atoms with Crippen LogP contribution in [0.25, 0.3) is 5.57 Å². The molecule has 6 aliphatic rings. The first-order valence-electron chi connectivity index (χ1n) is 20.4. The van der Waals surface area contributed by atoms with Gasteiger partial charge in [0.15, 0.2) is 0 Å². The zero-order valence-corrected chi connectivity index (χ0v) is 32.8. The van der Waals surface area contributed by atoms with Crippen LogP contribution in [0.3, 0.4) is 0 Å². The summed E-state index contributed by atoms with van der Waals surface area (Å²) in [6.07, 6.45) is 13.4. The third-order valence-electron chi connectivity index (χ3n) is 17.1. The number of allylic oxidation sites excluding steroid dienone is 3. The van der Waals surface area contributed by atoms with Crippen LogP contribution in [0.1, 0.15) is 135 Å². The number of rotatable bonds is 8. The summed E-state index contributed by atoms with van der Waals surface area (Å²) in [4.78, 5) is 26.1. The maximum absolute atomic E-state index is 13.7. The van der Waals surface area contributed by atoms with Gasteiger partial charge in [-0.2, -0.15) is 0 Å². The Hall–Kier alpha value is -2.54. The van der Waals surface area contributed by atoms with Crippen molar-refractivity contribution >= 4 is 17.4 Å². The van der Waals surface area contributed by atoms with Crippen molar-refractivity contribution in [3.05, 3.63) is 53.6 Å². The van der Waals surface area contributed by atoms with E-state index in [1.807, 2.05) is 12.1 Å². The molecule has 5 nitrogen and oxygen atoms in total. The highest BCUT2D eigenvalue weighted by Crippen LogP contribution is 2.77. The lowest BCUT2D eigenvalue weighted by molar-refractivity contribution is -0.225. The number of nitrogens with one attached hydrogen (secondary N) is 1. The second kappa shape index (κ2) is 13.0. The van der Waals surface area contributed by atoms with Gasteiger partial charge >= 0.3 is 5.97 Å². The molecular formula is C45H64F2N2O3. The average molecular weight is 719 g/mol. The summed E-state index contributed by atoms with van der Waals surface area (Å²) >= 11 is 0. The number of carboxylic acid groups (broad SMARTS) is 1. The van der Waals surface area contributed by atoms with Crippen molar-refractivity contribution in [2.24, 2.45) is 56.7 Å². The van der Waals surface area contributed by atoms with E-state index in [4.69, 9.17) is 0 Å². The van der Waals surface area contributed by atoms with E-state index in [2.05, 4.69) is 59.5 Å². The van der Waals surface area contributed by atoms with E-state index in [0.717, 1.165) is 18.5 Å². The number of hydrogen-bond donors (Lipinski definition) is 2. The maximum atomic E-state index is 13.7. The molecule has 7 heteroatoms. The lowest BCUT2D eigenvalue weighted by atomic mass is 9.32. The highest BCUT2D eigenvalue weighted by atomic mass is 19.3. The fourth-order valence-corrected chi connectivity index (χ4v) is 14.3. The number of amides is 1. The second-order valence-corrected chi connectivity index (χ2v) is 19.6. The molecule has 0 bridgehead atoms. The Morgan fingerprint density at radius 2 is 1.58 bits per heavy atom. The SMILES string of the molecule is C=C(C)C1CCC2(CNCCC(=O)N3CCC(F)(F)CC3)CCC3(C)C(CCC4C5(C)CC=C(c6ccc(C(=O)O)cc6)C(C)(C)C5CCC43C)C12. The number of benzene rings is 1. The lowest BCUT2D eigenvalue weighted by Gasteiger charge is -2.72. The van der Waals surface area contributed by atoms with Crippen molar-refractivity contribution < 1.29 is 23.5 Å². The maximum Gasteiger partial charge on any atom is 0.335 e. The minimum atomic E-state index is -2.64. The number of carbonyl (C=O) groups excluding carboxylic acids is 1. The first-order valence-corrected chi connectivity index (χ1v) is 20.4. The average Bonchev–Trinajstić information content (AvgIpc) is 3.47. The van der Waals surface area contributed by atoms with Crippen LogP contribution in [0.2, 0.25) is 0 Å². The third-order valence-corrected chi connectivity index (χ3v) is 17.1. The molecule has 1 saturated heterocycles. The molecule has 7 rings (SSSR count). The van der Waals surface area contributed by atoms with Crippen molar-refractivity contribution in [2.45, 2.75) is 125 Å². The van der Waals surface area contributed by atoms with Crippen LogP contribution >= 0.6 is 0 Å². The van der Waals surface area contributed by atoms with Gasteiger partial charge in [-0.1, -0.05) is 65.0 Å². The molecule has 0 radical (unpaired) electrons. The summed E-state index contributed by atoms with van der Waals surface area (Å²) < 4.78 is 27.4. The summed E-state index contributed by atoms with van der Waals surface area (Å²) in [6.45, 7) is 21.5. The summed E-state index contributed by atoms with van der Waals surface area (Å²) in [6, 6.07) is 7.53. The Balaban J connectivity index is 1.10. The van der Waals surface area contributed by atoms with E-state index in [9.17, 15) is 23.5 Å². The van der Waals surface area contributed by atoms with Crippen molar-refractivity contribution in [2.75, 3.05) is 26.2 Å². The monoisotopic (exact) mass is 718 g/mol. The van der Waals surface area contributed by atoms with Gasteiger partial charge in [0.25, 0.3) is 5.92 Å². The van der Waals surface area contributed by atoms with Gasteiger partial charge in [0.1, 0.15) is 0 Å². The number of aromatic carboxylic acids is 1. The molecule has 1 aromatic carbocycles.